The Morgan fingerprint density at radius 3 is 2.78 bits per heavy atom. The highest BCUT2D eigenvalue weighted by molar-refractivity contribution is 7.90. The molecule has 0 bridgehead atoms. The molecule has 2 atom stereocenters. The van der Waals surface area contributed by atoms with Crippen molar-refractivity contribution in [1.29, 1.82) is 0 Å². The van der Waals surface area contributed by atoms with E-state index in [1.54, 1.807) is 36.6 Å². The van der Waals surface area contributed by atoms with Crippen LogP contribution < -0.4 is 15.4 Å². The van der Waals surface area contributed by atoms with Gasteiger partial charge in [0.05, 0.1) is 16.8 Å². The molecule has 3 aromatic carbocycles. The molecule has 5 rings (SSSR count). The predicted octanol–water partition coefficient (Wildman–Crippen LogP) is 7.20. The molecular weight excluding hydrogens is 563 g/mol. The molecule has 0 fully saturated rings. The lowest BCUT2D eigenvalue weighted by molar-refractivity contribution is 0.306. The topological polar surface area (TPSA) is 95.3 Å². The number of furan rings is 1. The maximum absolute atomic E-state index is 13.5. The van der Waals surface area contributed by atoms with Gasteiger partial charge in [-0.3, -0.25) is 5.32 Å². The summed E-state index contributed by atoms with van der Waals surface area (Å²) >= 11 is 5.49. The minimum Gasteiger partial charge on any atom is -0.616 e. The number of nitrogens with zero attached hydrogens (tertiary/aromatic N) is 2. The fourth-order valence-corrected chi connectivity index (χ4v) is 5.31. The second kappa shape index (κ2) is 13.2. The number of rotatable bonds is 12. The molecule has 0 aliphatic rings. The highest BCUT2D eigenvalue weighted by Gasteiger charge is 2.20. The molecule has 7 nitrogen and oxygen atoms in total. The van der Waals surface area contributed by atoms with E-state index in [0.717, 1.165) is 16.5 Å². The van der Waals surface area contributed by atoms with Gasteiger partial charge in [-0.25, -0.2) is 14.4 Å². The fourth-order valence-electron chi connectivity index (χ4n) is 4.33. The van der Waals surface area contributed by atoms with Gasteiger partial charge >= 0.3 is 0 Å². The van der Waals surface area contributed by atoms with Crippen LogP contribution in [0.25, 0.3) is 22.2 Å². The number of hydrogen-bond acceptors (Lipinski definition) is 7. The van der Waals surface area contributed by atoms with Crippen molar-refractivity contribution in [2.24, 2.45) is 0 Å². The lowest BCUT2D eigenvalue weighted by Gasteiger charge is -2.16. The van der Waals surface area contributed by atoms with Crippen LogP contribution >= 0.6 is 11.6 Å². The van der Waals surface area contributed by atoms with Gasteiger partial charge in [0.2, 0.25) is 0 Å². The Morgan fingerprint density at radius 1 is 1.12 bits per heavy atom. The minimum absolute atomic E-state index is 0.194. The fraction of sp³-hybridized carbons (Fsp3) is 0.161. The third kappa shape index (κ3) is 7.25. The van der Waals surface area contributed by atoms with Crippen LogP contribution in [-0.4, -0.2) is 33.1 Å². The zero-order valence-electron chi connectivity index (χ0n) is 22.3. The zero-order valence-corrected chi connectivity index (χ0v) is 23.8. The lowest BCUT2D eigenvalue weighted by atomic mass is 10.1. The van der Waals surface area contributed by atoms with E-state index in [-0.39, 0.29) is 18.5 Å². The van der Waals surface area contributed by atoms with Crippen LogP contribution in [0, 0.1) is 5.82 Å². The molecular formula is C31H28ClFN4O3S. The van der Waals surface area contributed by atoms with E-state index < -0.39 is 11.2 Å². The van der Waals surface area contributed by atoms with E-state index in [4.69, 9.17) is 20.8 Å². The Bertz CT molecular complexity index is 1660. The number of halogens is 2. The van der Waals surface area contributed by atoms with E-state index in [2.05, 4.69) is 27.2 Å². The summed E-state index contributed by atoms with van der Waals surface area (Å²) in [5.41, 5.74) is 3.02. The lowest BCUT2D eigenvalue weighted by Crippen LogP contribution is -2.27. The highest BCUT2D eigenvalue weighted by atomic mass is 35.5. The highest BCUT2D eigenvalue weighted by Crippen LogP contribution is 2.33. The van der Waals surface area contributed by atoms with Crippen molar-refractivity contribution in [2.45, 2.75) is 12.6 Å². The normalized spacial score (nSPS) is 12.7. The third-order valence-electron chi connectivity index (χ3n) is 6.28. The number of nitrogens with one attached hydrogen (secondary N) is 2. The number of ether oxygens (including phenoxy) is 1. The Labute approximate surface area is 245 Å². The van der Waals surface area contributed by atoms with Crippen LogP contribution in [0.15, 0.2) is 96.2 Å². The van der Waals surface area contributed by atoms with Crippen molar-refractivity contribution >= 4 is 45.2 Å². The van der Waals surface area contributed by atoms with Crippen molar-refractivity contribution in [3.8, 4) is 17.1 Å². The predicted molar refractivity (Wildman–Crippen MR) is 163 cm³/mol. The molecule has 0 saturated heterocycles. The number of fused-ring (bicyclic) bond motifs is 1. The van der Waals surface area contributed by atoms with Gasteiger partial charge in [-0.05, 0) is 66.2 Å². The summed E-state index contributed by atoms with van der Waals surface area (Å²) in [5, 5.41) is 7.82. The number of aromatic nitrogens is 2. The monoisotopic (exact) mass is 590 g/mol. The second-order valence-electron chi connectivity index (χ2n) is 9.33. The third-order valence-corrected chi connectivity index (χ3v) is 7.38. The van der Waals surface area contributed by atoms with Crippen molar-refractivity contribution < 1.29 is 18.1 Å². The standard InChI is InChI=1S/C31H28ClFN4O3S/c1-3-13-34-27(18-41(2)38)30-12-11-28(40-30)21-7-9-26-24(15-21)31(36-19-35-26)37-23-8-10-29(25(32)16-23)39-17-20-5-4-6-22(33)14-20/h3-12,14-16,19,27,34H,1,13,17-18H2,2H3,(H,35,36,37). The summed E-state index contributed by atoms with van der Waals surface area (Å²) in [6.07, 6.45) is 4.92. The molecule has 0 aliphatic carbocycles. The van der Waals surface area contributed by atoms with E-state index in [0.29, 0.717) is 51.7 Å². The Kier molecular flexibility index (Phi) is 9.21. The summed E-state index contributed by atoms with van der Waals surface area (Å²) in [6.45, 7) is 4.51. The first-order valence-electron chi connectivity index (χ1n) is 12.8. The van der Waals surface area contributed by atoms with Gasteiger partial charge in [0, 0.05) is 23.2 Å². The van der Waals surface area contributed by atoms with Crippen LogP contribution in [0.2, 0.25) is 5.02 Å². The molecule has 2 N–H and O–H groups in total. The first-order chi connectivity index (χ1) is 19.9. The van der Waals surface area contributed by atoms with E-state index in [1.165, 1.54) is 18.5 Å². The first-order valence-corrected chi connectivity index (χ1v) is 14.9. The largest absolute Gasteiger partial charge is 0.616 e. The Morgan fingerprint density at radius 2 is 2.00 bits per heavy atom. The molecule has 2 unspecified atom stereocenters. The number of benzene rings is 3. The van der Waals surface area contributed by atoms with Crippen LogP contribution in [0.1, 0.15) is 17.4 Å². The second-order valence-corrected chi connectivity index (χ2v) is 11.2. The average molecular weight is 591 g/mol. The molecule has 0 aliphatic heterocycles. The van der Waals surface area contributed by atoms with E-state index in [1.807, 2.05) is 36.4 Å². The van der Waals surface area contributed by atoms with Crippen molar-refractivity contribution in [1.82, 2.24) is 15.3 Å². The summed E-state index contributed by atoms with van der Waals surface area (Å²) in [4.78, 5) is 8.86. The van der Waals surface area contributed by atoms with Gasteiger partial charge in [0.25, 0.3) is 0 Å². The Balaban J connectivity index is 1.35. The minimum atomic E-state index is -1.00. The van der Waals surface area contributed by atoms with Crippen LogP contribution in [0.5, 0.6) is 5.75 Å². The van der Waals surface area contributed by atoms with Gasteiger partial charge in [0.15, 0.2) is 0 Å². The quantitative estimate of drug-likeness (QED) is 0.117. The van der Waals surface area contributed by atoms with Gasteiger partial charge in [-0.2, -0.15) is 0 Å². The molecule has 0 saturated carbocycles. The van der Waals surface area contributed by atoms with Crippen molar-refractivity contribution in [3.05, 3.63) is 114 Å². The molecule has 0 spiro atoms. The SMILES string of the molecule is C=CCNC(C[S+](C)[O-])c1ccc(-c2ccc3ncnc(Nc4ccc(OCc5cccc(F)c5)c(Cl)c4)c3c2)o1. The van der Waals surface area contributed by atoms with Crippen LogP contribution in [0.3, 0.4) is 0 Å². The number of anilines is 2. The summed E-state index contributed by atoms with van der Waals surface area (Å²) in [7, 11) is 0. The summed E-state index contributed by atoms with van der Waals surface area (Å²) < 4.78 is 37.3. The maximum Gasteiger partial charge on any atom is 0.141 e. The zero-order chi connectivity index (χ0) is 28.8. The van der Waals surface area contributed by atoms with Gasteiger partial charge in [-0.15, -0.1) is 6.58 Å². The van der Waals surface area contributed by atoms with E-state index in [9.17, 15) is 8.94 Å². The molecule has 2 aromatic heterocycles. The maximum atomic E-state index is 13.5. The van der Waals surface area contributed by atoms with E-state index >= 15 is 0 Å². The van der Waals surface area contributed by atoms with Gasteiger partial charge < -0.3 is 19.0 Å². The molecule has 41 heavy (non-hydrogen) atoms. The molecule has 0 amide bonds. The van der Waals surface area contributed by atoms with Crippen molar-refractivity contribution in [2.75, 3.05) is 23.9 Å². The summed E-state index contributed by atoms with van der Waals surface area (Å²) in [5.74, 6) is 2.57. The molecule has 210 valence electrons. The molecule has 2 heterocycles. The molecule has 5 aromatic rings. The van der Waals surface area contributed by atoms with Gasteiger partial charge in [-0.1, -0.05) is 41.0 Å². The number of hydrogen-bond donors (Lipinski definition) is 2. The van der Waals surface area contributed by atoms with Crippen molar-refractivity contribution in [3.63, 3.8) is 0 Å². The Hall–Kier alpha value is -3.89. The molecule has 10 heteroatoms. The average Bonchev–Trinajstić information content (AvgIpc) is 3.45. The van der Waals surface area contributed by atoms with Crippen LogP contribution in [0.4, 0.5) is 15.9 Å². The van der Waals surface area contributed by atoms with Gasteiger partial charge in [0.1, 0.15) is 53.6 Å². The van der Waals surface area contributed by atoms with Crippen LogP contribution in [-0.2, 0) is 17.8 Å². The molecule has 0 radical (unpaired) electrons. The first kappa shape index (κ1) is 28.6. The summed E-state index contributed by atoms with van der Waals surface area (Å²) in [6, 6.07) is 21.0. The smallest absolute Gasteiger partial charge is 0.141 e.